The Morgan fingerprint density at radius 2 is 1.88 bits per heavy atom. The van der Waals surface area contributed by atoms with Crippen LogP contribution >= 0.6 is 0 Å². The van der Waals surface area contributed by atoms with Gasteiger partial charge in [-0.15, -0.1) is 0 Å². The summed E-state index contributed by atoms with van der Waals surface area (Å²) in [6, 6.07) is 0. The largest absolute Gasteiger partial charge is 0.396 e. The summed E-state index contributed by atoms with van der Waals surface area (Å²) in [5.74, 6) is -0.907. The van der Waals surface area contributed by atoms with Crippen molar-refractivity contribution in [3.8, 4) is 0 Å². The van der Waals surface area contributed by atoms with Gasteiger partial charge in [-0.3, -0.25) is 19.3 Å². The average Bonchev–Trinajstić information content (AvgIpc) is 3.04. The molecule has 0 bridgehead atoms. The summed E-state index contributed by atoms with van der Waals surface area (Å²) in [5, 5.41) is 11.7. The number of likely N-dealkylation sites (tertiary alicyclic amines) is 1. The van der Waals surface area contributed by atoms with Crippen molar-refractivity contribution in [2.45, 2.75) is 25.7 Å². The predicted molar refractivity (Wildman–Crippen MR) is 57.7 cm³/mol. The Balaban J connectivity index is 1.77. The lowest BCUT2D eigenvalue weighted by Crippen LogP contribution is -2.42. The van der Waals surface area contributed by atoms with E-state index in [9.17, 15) is 14.4 Å². The van der Waals surface area contributed by atoms with Crippen LogP contribution in [0.25, 0.3) is 0 Å². The van der Waals surface area contributed by atoms with E-state index in [1.165, 1.54) is 0 Å². The normalized spacial score (nSPS) is 21.8. The van der Waals surface area contributed by atoms with E-state index < -0.39 is 0 Å². The fourth-order valence-electron chi connectivity index (χ4n) is 1.85. The summed E-state index contributed by atoms with van der Waals surface area (Å²) in [7, 11) is 0. The predicted octanol–water partition coefficient (Wildman–Crippen LogP) is -0.976. The van der Waals surface area contributed by atoms with Crippen LogP contribution in [0.1, 0.15) is 25.7 Å². The molecule has 2 rings (SSSR count). The third-order valence-corrected chi connectivity index (χ3v) is 3.41. The van der Waals surface area contributed by atoms with Crippen LogP contribution in [0.5, 0.6) is 0 Å². The van der Waals surface area contributed by atoms with Crippen molar-refractivity contribution in [2.24, 2.45) is 5.41 Å². The average molecular weight is 240 g/mol. The number of aliphatic hydroxyl groups is 1. The number of hydrogen-bond acceptors (Lipinski definition) is 4. The first-order chi connectivity index (χ1) is 8.06. The molecule has 0 aromatic heterocycles. The molecule has 2 N–H and O–H groups in total. The van der Waals surface area contributed by atoms with Gasteiger partial charge in [-0.2, -0.15) is 0 Å². The molecule has 0 aromatic carbocycles. The molecule has 3 amide bonds. The van der Waals surface area contributed by atoms with Crippen molar-refractivity contribution in [1.29, 1.82) is 0 Å². The number of hydrogen-bond donors (Lipinski definition) is 2. The molecule has 1 aliphatic carbocycles. The second-order valence-electron chi connectivity index (χ2n) is 4.81. The minimum atomic E-state index is -0.340. The first-order valence-electron chi connectivity index (χ1n) is 5.77. The highest BCUT2D eigenvalue weighted by Crippen LogP contribution is 2.44. The molecule has 6 nitrogen and oxygen atoms in total. The Morgan fingerprint density at radius 3 is 2.35 bits per heavy atom. The van der Waals surface area contributed by atoms with Gasteiger partial charge in [0.15, 0.2) is 0 Å². The first kappa shape index (κ1) is 12.0. The molecule has 0 aromatic rings. The minimum Gasteiger partial charge on any atom is -0.396 e. The highest BCUT2D eigenvalue weighted by molar-refractivity contribution is 6.04. The van der Waals surface area contributed by atoms with E-state index >= 15 is 0 Å². The van der Waals surface area contributed by atoms with E-state index in [0.29, 0.717) is 6.54 Å². The van der Waals surface area contributed by atoms with E-state index in [4.69, 9.17) is 5.11 Å². The van der Waals surface area contributed by atoms with Gasteiger partial charge < -0.3 is 10.4 Å². The summed E-state index contributed by atoms with van der Waals surface area (Å²) in [6.07, 6.45) is 2.22. The number of nitrogens with zero attached hydrogens (tertiary/aromatic N) is 1. The SMILES string of the molecule is O=C(CN1C(=O)CCC1=O)NCC1(CO)CC1. The van der Waals surface area contributed by atoms with Gasteiger partial charge in [-0.25, -0.2) is 0 Å². The molecule has 94 valence electrons. The molecule has 17 heavy (non-hydrogen) atoms. The molecule has 0 spiro atoms. The second kappa shape index (κ2) is 4.44. The number of imide groups is 1. The summed E-state index contributed by atoms with van der Waals surface area (Å²) < 4.78 is 0. The van der Waals surface area contributed by atoms with Crippen molar-refractivity contribution in [2.75, 3.05) is 19.7 Å². The Morgan fingerprint density at radius 1 is 1.29 bits per heavy atom. The van der Waals surface area contributed by atoms with E-state index in [1.54, 1.807) is 0 Å². The molecule has 1 heterocycles. The third-order valence-electron chi connectivity index (χ3n) is 3.41. The van der Waals surface area contributed by atoms with Gasteiger partial charge in [0.1, 0.15) is 6.54 Å². The second-order valence-corrected chi connectivity index (χ2v) is 4.81. The minimum absolute atomic E-state index is 0.0643. The van der Waals surface area contributed by atoms with Crippen molar-refractivity contribution in [3.05, 3.63) is 0 Å². The van der Waals surface area contributed by atoms with Crippen LogP contribution in [0.3, 0.4) is 0 Å². The van der Waals surface area contributed by atoms with Gasteiger partial charge in [0.05, 0.1) is 6.61 Å². The zero-order valence-electron chi connectivity index (χ0n) is 9.57. The van der Waals surface area contributed by atoms with Crippen LogP contribution in [-0.4, -0.2) is 47.4 Å². The number of carbonyl (C=O) groups excluding carboxylic acids is 3. The van der Waals surface area contributed by atoms with Crippen molar-refractivity contribution >= 4 is 17.7 Å². The van der Waals surface area contributed by atoms with Gasteiger partial charge in [0, 0.05) is 24.8 Å². The van der Waals surface area contributed by atoms with Gasteiger partial charge in [-0.05, 0) is 12.8 Å². The Bertz CT molecular complexity index is 346. The number of nitrogens with one attached hydrogen (secondary N) is 1. The Labute approximate surface area is 99.0 Å². The third kappa shape index (κ3) is 2.63. The maximum Gasteiger partial charge on any atom is 0.240 e. The topological polar surface area (TPSA) is 86.7 Å². The zero-order chi connectivity index (χ0) is 12.5. The smallest absolute Gasteiger partial charge is 0.240 e. The quantitative estimate of drug-likeness (QED) is 0.605. The fourth-order valence-corrected chi connectivity index (χ4v) is 1.85. The lowest BCUT2D eigenvalue weighted by Gasteiger charge is -2.16. The van der Waals surface area contributed by atoms with E-state index in [-0.39, 0.29) is 49.1 Å². The van der Waals surface area contributed by atoms with Gasteiger partial charge in [0.2, 0.25) is 17.7 Å². The fraction of sp³-hybridized carbons (Fsp3) is 0.727. The molecule has 1 saturated heterocycles. The molecule has 0 radical (unpaired) electrons. The van der Waals surface area contributed by atoms with Crippen LogP contribution in [0, 0.1) is 5.41 Å². The van der Waals surface area contributed by atoms with Crippen LogP contribution in [-0.2, 0) is 14.4 Å². The molecule has 2 aliphatic rings. The van der Waals surface area contributed by atoms with Crippen molar-refractivity contribution < 1.29 is 19.5 Å². The zero-order valence-corrected chi connectivity index (χ0v) is 9.57. The molecule has 1 saturated carbocycles. The number of carbonyl (C=O) groups is 3. The van der Waals surface area contributed by atoms with Gasteiger partial charge in [0.25, 0.3) is 0 Å². The number of rotatable bonds is 5. The van der Waals surface area contributed by atoms with Crippen LogP contribution < -0.4 is 5.32 Å². The summed E-state index contributed by atoms with van der Waals surface area (Å²) in [6.45, 7) is 0.284. The van der Waals surface area contributed by atoms with Crippen LogP contribution in [0.4, 0.5) is 0 Å². The molecule has 1 aliphatic heterocycles. The van der Waals surface area contributed by atoms with Crippen LogP contribution in [0.2, 0.25) is 0 Å². The Hall–Kier alpha value is -1.43. The highest BCUT2D eigenvalue weighted by atomic mass is 16.3. The maximum atomic E-state index is 11.5. The lowest BCUT2D eigenvalue weighted by molar-refractivity contribution is -0.142. The molecular formula is C11H16N2O4. The lowest BCUT2D eigenvalue weighted by atomic mass is 10.1. The van der Waals surface area contributed by atoms with Crippen molar-refractivity contribution in [1.82, 2.24) is 10.2 Å². The van der Waals surface area contributed by atoms with E-state index in [1.807, 2.05) is 0 Å². The monoisotopic (exact) mass is 240 g/mol. The molecular weight excluding hydrogens is 224 g/mol. The number of amides is 3. The standard InChI is InChI=1S/C11H16N2O4/c14-7-11(3-4-11)6-12-8(15)5-13-9(16)1-2-10(13)17/h14H,1-7H2,(H,12,15). The first-order valence-corrected chi connectivity index (χ1v) is 5.77. The van der Waals surface area contributed by atoms with E-state index in [0.717, 1.165) is 17.7 Å². The summed E-state index contributed by atoms with van der Waals surface area (Å²) in [4.78, 5) is 35.1. The molecule has 2 fully saturated rings. The molecule has 0 atom stereocenters. The number of aliphatic hydroxyl groups excluding tert-OH is 1. The van der Waals surface area contributed by atoms with Crippen molar-refractivity contribution in [3.63, 3.8) is 0 Å². The molecule has 6 heteroatoms. The van der Waals surface area contributed by atoms with Gasteiger partial charge in [-0.1, -0.05) is 0 Å². The van der Waals surface area contributed by atoms with Crippen LogP contribution in [0.15, 0.2) is 0 Å². The van der Waals surface area contributed by atoms with E-state index in [2.05, 4.69) is 5.32 Å². The summed E-state index contributed by atoms with van der Waals surface area (Å²) >= 11 is 0. The van der Waals surface area contributed by atoms with Gasteiger partial charge >= 0.3 is 0 Å². The molecule has 0 unspecified atom stereocenters. The maximum absolute atomic E-state index is 11.5. The summed E-state index contributed by atoms with van der Waals surface area (Å²) in [5.41, 5.74) is -0.158. The highest BCUT2D eigenvalue weighted by Gasteiger charge is 2.42. The Kier molecular flexibility index (Phi) is 3.15.